The highest BCUT2D eigenvalue weighted by Gasteiger charge is 1.94. The monoisotopic (exact) mass is 233 g/mol. The van der Waals surface area contributed by atoms with Crippen LogP contribution in [0, 0.1) is 0 Å². The molecule has 92 valence electrons. The first-order valence-electron chi connectivity index (χ1n) is 6.37. The second-order valence-electron chi connectivity index (χ2n) is 3.95. The molecular weight excluding hydrogens is 206 g/mol. The van der Waals surface area contributed by atoms with E-state index in [1.165, 1.54) is 38.5 Å². The quantitative estimate of drug-likeness (QED) is 0.556. The summed E-state index contributed by atoms with van der Waals surface area (Å²) >= 11 is 0. The summed E-state index contributed by atoms with van der Waals surface area (Å²) in [6.07, 6.45) is 8.06. The van der Waals surface area contributed by atoms with Crippen molar-refractivity contribution in [2.45, 2.75) is 52.4 Å². The van der Waals surface area contributed by atoms with E-state index in [4.69, 9.17) is 0 Å². The van der Waals surface area contributed by atoms with Gasteiger partial charge in [-0.05, 0) is 13.0 Å². The Hall–Kier alpha value is 0.110. The topological polar surface area (TPSA) is 29.1 Å². The molecule has 2 nitrogen and oxygen atoms in total. The molecule has 0 bridgehead atoms. The van der Waals surface area contributed by atoms with E-state index in [9.17, 15) is 4.21 Å². The molecule has 0 heterocycles. The standard InChI is InChI=1S/C12H27NOS/c1-3-5-6-7-8-9-10-13-11-12-15(14)4-2/h13H,3-12H2,1-2H3. The van der Waals surface area contributed by atoms with Crippen LogP contribution < -0.4 is 5.32 Å². The van der Waals surface area contributed by atoms with Crippen molar-refractivity contribution in [2.75, 3.05) is 24.6 Å². The van der Waals surface area contributed by atoms with Crippen molar-refractivity contribution < 1.29 is 4.21 Å². The van der Waals surface area contributed by atoms with Gasteiger partial charge in [0.1, 0.15) is 0 Å². The van der Waals surface area contributed by atoms with Gasteiger partial charge in [-0.1, -0.05) is 46.0 Å². The van der Waals surface area contributed by atoms with Gasteiger partial charge in [0.25, 0.3) is 0 Å². The molecule has 1 atom stereocenters. The maximum atomic E-state index is 11.1. The molecule has 1 N–H and O–H groups in total. The van der Waals surface area contributed by atoms with Crippen molar-refractivity contribution in [3.8, 4) is 0 Å². The number of unbranched alkanes of at least 4 members (excludes halogenated alkanes) is 5. The van der Waals surface area contributed by atoms with Crippen LogP contribution in [0.2, 0.25) is 0 Å². The predicted molar refractivity (Wildman–Crippen MR) is 69.8 cm³/mol. The first kappa shape index (κ1) is 15.1. The largest absolute Gasteiger partial charge is 0.316 e. The summed E-state index contributed by atoms with van der Waals surface area (Å²) in [5.41, 5.74) is 0. The van der Waals surface area contributed by atoms with E-state index >= 15 is 0 Å². The van der Waals surface area contributed by atoms with Gasteiger partial charge in [-0.3, -0.25) is 4.21 Å². The number of rotatable bonds is 11. The van der Waals surface area contributed by atoms with E-state index in [2.05, 4.69) is 12.2 Å². The van der Waals surface area contributed by atoms with Crippen LogP contribution in [0.5, 0.6) is 0 Å². The van der Waals surface area contributed by atoms with Gasteiger partial charge in [-0.15, -0.1) is 0 Å². The van der Waals surface area contributed by atoms with Crippen molar-refractivity contribution in [3.05, 3.63) is 0 Å². The first-order chi connectivity index (χ1) is 7.31. The van der Waals surface area contributed by atoms with Gasteiger partial charge in [0.05, 0.1) is 0 Å². The van der Waals surface area contributed by atoms with Gasteiger partial charge in [-0.25, -0.2) is 0 Å². The molecule has 15 heavy (non-hydrogen) atoms. The van der Waals surface area contributed by atoms with Crippen LogP contribution >= 0.6 is 0 Å². The van der Waals surface area contributed by atoms with Crippen LogP contribution in [0.1, 0.15) is 52.4 Å². The fourth-order valence-corrected chi connectivity index (χ4v) is 2.15. The van der Waals surface area contributed by atoms with Crippen molar-refractivity contribution in [2.24, 2.45) is 0 Å². The number of nitrogens with one attached hydrogen (secondary N) is 1. The summed E-state index contributed by atoms with van der Waals surface area (Å²) < 4.78 is 11.1. The molecule has 0 radical (unpaired) electrons. The molecule has 0 spiro atoms. The minimum atomic E-state index is -0.601. The highest BCUT2D eigenvalue weighted by molar-refractivity contribution is 7.84. The molecule has 0 aromatic rings. The third-order valence-corrected chi connectivity index (χ3v) is 3.84. The SMILES string of the molecule is CCCCCCCCNCCS(=O)CC. The van der Waals surface area contributed by atoms with Crippen LogP contribution in [0.3, 0.4) is 0 Å². The molecule has 0 aliphatic carbocycles. The van der Waals surface area contributed by atoms with Crippen molar-refractivity contribution in [1.29, 1.82) is 0 Å². The summed E-state index contributed by atoms with van der Waals surface area (Å²) in [4.78, 5) is 0. The zero-order valence-corrected chi connectivity index (χ0v) is 11.2. The first-order valence-corrected chi connectivity index (χ1v) is 7.85. The highest BCUT2D eigenvalue weighted by Crippen LogP contribution is 2.03. The molecule has 0 aliphatic rings. The van der Waals surface area contributed by atoms with Crippen molar-refractivity contribution in [1.82, 2.24) is 5.32 Å². The van der Waals surface area contributed by atoms with E-state index in [1.807, 2.05) is 6.92 Å². The summed E-state index contributed by atoms with van der Waals surface area (Å²) in [5, 5.41) is 3.35. The van der Waals surface area contributed by atoms with Gasteiger partial charge in [0.15, 0.2) is 0 Å². The minimum absolute atomic E-state index is 0.601. The molecule has 3 heteroatoms. The maximum absolute atomic E-state index is 11.1. The van der Waals surface area contributed by atoms with Crippen molar-refractivity contribution in [3.63, 3.8) is 0 Å². The second kappa shape index (κ2) is 12.2. The van der Waals surface area contributed by atoms with Crippen LogP contribution in [-0.2, 0) is 10.8 Å². The van der Waals surface area contributed by atoms with Crippen LogP contribution in [0.4, 0.5) is 0 Å². The lowest BCUT2D eigenvalue weighted by Crippen LogP contribution is -2.22. The Morgan fingerprint density at radius 3 is 2.27 bits per heavy atom. The van der Waals surface area contributed by atoms with Gasteiger partial charge >= 0.3 is 0 Å². The lowest BCUT2D eigenvalue weighted by Gasteiger charge is -2.04. The molecule has 0 amide bonds. The smallest absolute Gasteiger partial charge is 0.0359 e. The Morgan fingerprint density at radius 2 is 1.60 bits per heavy atom. The van der Waals surface area contributed by atoms with Crippen LogP contribution in [-0.4, -0.2) is 28.8 Å². The third-order valence-electron chi connectivity index (χ3n) is 2.54. The van der Waals surface area contributed by atoms with E-state index in [0.717, 1.165) is 24.6 Å². The fraction of sp³-hybridized carbons (Fsp3) is 1.00. The molecule has 0 saturated heterocycles. The number of hydrogen-bond acceptors (Lipinski definition) is 2. The van der Waals surface area contributed by atoms with Gasteiger partial charge in [0.2, 0.25) is 0 Å². The van der Waals surface area contributed by atoms with Crippen molar-refractivity contribution >= 4 is 10.8 Å². The lowest BCUT2D eigenvalue weighted by molar-refractivity contribution is 0.579. The Labute approximate surface area is 97.7 Å². The molecule has 1 unspecified atom stereocenters. The van der Waals surface area contributed by atoms with E-state index in [-0.39, 0.29) is 0 Å². The zero-order valence-electron chi connectivity index (χ0n) is 10.4. The summed E-state index contributed by atoms with van der Waals surface area (Å²) in [6, 6.07) is 0. The average Bonchev–Trinajstić information content (AvgIpc) is 2.26. The Morgan fingerprint density at radius 1 is 0.933 bits per heavy atom. The average molecular weight is 233 g/mol. The molecule has 0 saturated carbocycles. The highest BCUT2D eigenvalue weighted by atomic mass is 32.2. The zero-order chi connectivity index (χ0) is 11.4. The fourth-order valence-electron chi connectivity index (χ4n) is 1.49. The van der Waals surface area contributed by atoms with Gasteiger partial charge < -0.3 is 5.32 Å². The predicted octanol–water partition coefficient (Wildman–Crippen LogP) is 2.71. The normalized spacial score (nSPS) is 12.9. The summed E-state index contributed by atoms with van der Waals surface area (Å²) in [6.45, 7) is 6.22. The molecular formula is C12H27NOS. The van der Waals surface area contributed by atoms with Gasteiger partial charge in [-0.2, -0.15) is 0 Å². The third kappa shape index (κ3) is 12.0. The summed E-state index contributed by atoms with van der Waals surface area (Å²) in [5.74, 6) is 1.60. The van der Waals surface area contributed by atoms with E-state index in [0.29, 0.717) is 0 Å². The second-order valence-corrected chi connectivity index (χ2v) is 5.82. The Bertz CT molecular complexity index is 151. The lowest BCUT2D eigenvalue weighted by atomic mass is 10.1. The molecule has 0 aromatic carbocycles. The Kier molecular flexibility index (Phi) is 12.3. The minimum Gasteiger partial charge on any atom is -0.316 e. The van der Waals surface area contributed by atoms with Crippen LogP contribution in [0.25, 0.3) is 0 Å². The molecule has 0 fully saturated rings. The van der Waals surface area contributed by atoms with E-state index < -0.39 is 10.8 Å². The van der Waals surface area contributed by atoms with Gasteiger partial charge in [0, 0.05) is 28.9 Å². The molecule has 0 rings (SSSR count). The molecule has 0 aliphatic heterocycles. The molecule has 0 aromatic heterocycles. The number of hydrogen-bond donors (Lipinski definition) is 1. The summed E-state index contributed by atoms with van der Waals surface area (Å²) in [7, 11) is -0.601. The van der Waals surface area contributed by atoms with Crippen LogP contribution in [0.15, 0.2) is 0 Å². The maximum Gasteiger partial charge on any atom is 0.0359 e. The Balaban J connectivity index is 2.95. The van der Waals surface area contributed by atoms with E-state index in [1.54, 1.807) is 0 Å².